The van der Waals surface area contributed by atoms with Gasteiger partial charge < -0.3 is 0 Å². The van der Waals surface area contributed by atoms with E-state index in [2.05, 4.69) is 62.4 Å². The van der Waals surface area contributed by atoms with E-state index in [-0.39, 0.29) is 0 Å². The second-order valence-corrected chi connectivity index (χ2v) is 8.42. The van der Waals surface area contributed by atoms with Crippen molar-refractivity contribution in [2.24, 2.45) is 0 Å². The van der Waals surface area contributed by atoms with Crippen LogP contribution in [0.1, 0.15) is 63.4 Å². The summed E-state index contributed by atoms with van der Waals surface area (Å²) >= 11 is 6.28. The Morgan fingerprint density at radius 2 is 1.62 bits per heavy atom. The van der Waals surface area contributed by atoms with Crippen molar-refractivity contribution in [1.29, 1.82) is 0 Å². The van der Waals surface area contributed by atoms with Crippen LogP contribution in [0.5, 0.6) is 0 Å². The van der Waals surface area contributed by atoms with Crippen LogP contribution >= 0.6 is 11.6 Å². The van der Waals surface area contributed by atoms with Crippen molar-refractivity contribution in [3.8, 4) is 0 Å². The Kier molecular flexibility index (Phi) is 7.66. The molecule has 150 valence electrons. The summed E-state index contributed by atoms with van der Waals surface area (Å²) in [5, 5.41) is 0.808. The van der Waals surface area contributed by atoms with Gasteiger partial charge in [-0.05, 0) is 85.4 Å². The normalized spacial score (nSPS) is 12.0. The summed E-state index contributed by atoms with van der Waals surface area (Å²) in [5.41, 5.74) is 7.44. The maximum absolute atomic E-state index is 10.8. The van der Waals surface area contributed by atoms with Crippen molar-refractivity contribution >= 4 is 17.9 Å². The van der Waals surface area contributed by atoms with Gasteiger partial charge in [0, 0.05) is 10.6 Å². The molecule has 0 saturated carbocycles. The van der Waals surface area contributed by atoms with E-state index in [4.69, 9.17) is 11.6 Å². The summed E-state index contributed by atoms with van der Waals surface area (Å²) < 4.78 is 0. The maximum atomic E-state index is 10.8. The Morgan fingerprint density at radius 3 is 2.31 bits per heavy atom. The second kappa shape index (κ2) is 10.4. The van der Waals surface area contributed by atoms with Crippen LogP contribution in [-0.4, -0.2) is 6.29 Å². The van der Waals surface area contributed by atoms with Crippen molar-refractivity contribution < 1.29 is 4.79 Å². The number of rotatable bonds is 9. The lowest BCUT2D eigenvalue weighted by atomic mass is 9.86. The molecular weight excluding hydrogens is 376 g/mol. The van der Waals surface area contributed by atoms with Gasteiger partial charge in [0.05, 0.1) is 0 Å². The summed E-state index contributed by atoms with van der Waals surface area (Å²) in [6, 6.07) is 23.1. The molecule has 0 aliphatic rings. The third-order valence-corrected chi connectivity index (χ3v) is 5.99. The Hall–Kier alpha value is -2.38. The lowest BCUT2D eigenvalue weighted by molar-refractivity contribution is 0.112. The monoisotopic (exact) mass is 404 g/mol. The van der Waals surface area contributed by atoms with E-state index in [1.807, 2.05) is 18.2 Å². The average molecular weight is 405 g/mol. The summed E-state index contributed by atoms with van der Waals surface area (Å²) in [6.07, 6.45) is 6.42. The zero-order valence-corrected chi connectivity index (χ0v) is 18.1. The van der Waals surface area contributed by atoms with Gasteiger partial charge in [0.25, 0.3) is 0 Å². The molecule has 1 atom stereocenters. The van der Waals surface area contributed by atoms with Crippen LogP contribution in [0.2, 0.25) is 5.02 Å². The van der Waals surface area contributed by atoms with Crippen molar-refractivity contribution in [3.05, 3.63) is 105 Å². The predicted octanol–water partition coefficient (Wildman–Crippen LogP) is 7.51. The molecule has 1 unspecified atom stereocenters. The molecule has 0 saturated heterocycles. The highest BCUT2D eigenvalue weighted by atomic mass is 35.5. The fraction of sp³-hybridized carbons (Fsp3) is 0.296. The molecule has 0 aliphatic heterocycles. The fourth-order valence-electron chi connectivity index (χ4n) is 3.84. The number of carbonyl (C=O) groups excluding carboxylic acids is 1. The first-order chi connectivity index (χ1) is 14.0. The van der Waals surface area contributed by atoms with Gasteiger partial charge in [-0.25, -0.2) is 0 Å². The predicted molar refractivity (Wildman–Crippen MR) is 123 cm³/mol. The number of aryl methyl sites for hydroxylation is 3. The summed E-state index contributed by atoms with van der Waals surface area (Å²) in [7, 11) is 0. The molecule has 3 aromatic rings. The Bertz CT molecular complexity index is 943. The number of aldehydes is 1. The number of unbranched alkanes of at least 4 members (excludes halogenated alkanes) is 1. The zero-order valence-electron chi connectivity index (χ0n) is 17.3. The van der Waals surface area contributed by atoms with Crippen LogP contribution in [0, 0.1) is 13.8 Å². The first-order valence-corrected chi connectivity index (χ1v) is 10.8. The van der Waals surface area contributed by atoms with Gasteiger partial charge in [-0.2, -0.15) is 0 Å². The van der Waals surface area contributed by atoms with Crippen molar-refractivity contribution in [1.82, 2.24) is 0 Å². The third kappa shape index (κ3) is 6.30. The lowest BCUT2D eigenvalue weighted by Crippen LogP contribution is -2.04. The number of hydrogen-bond donors (Lipinski definition) is 0. The van der Waals surface area contributed by atoms with E-state index >= 15 is 0 Å². The van der Waals surface area contributed by atoms with E-state index in [9.17, 15) is 4.79 Å². The van der Waals surface area contributed by atoms with Gasteiger partial charge in [-0.1, -0.05) is 72.6 Å². The Balaban J connectivity index is 1.64. The van der Waals surface area contributed by atoms with Crippen molar-refractivity contribution in [3.63, 3.8) is 0 Å². The lowest BCUT2D eigenvalue weighted by Gasteiger charge is -2.19. The molecule has 29 heavy (non-hydrogen) atoms. The van der Waals surface area contributed by atoms with Gasteiger partial charge in [0.1, 0.15) is 6.29 Å². The molecule has 0 fully saturated rings. The summed E-state index contributed by atoms with van der Waals surface area (Å²) in [6.45, 7) is 4.35. The molecule has 0 aliphatic carbocycles. The highest BCUT2D eigenvalue weighted by molar-refractivity contribution is 6.30. The number of hydrogen-bond acceptors (Lipinski definition) is 1. The molecule has 0 aromatic heterocycles. The smallest absolute Gasteiger partial charge is 0.150 e. The molecule has 3 rings (SSSR count). The molecule has 0 bridgehead atoms. The molecule has 2 heteroatoms. The zero-order chi connectivity index (χ0) is 20.6. The third-order valence-electron chi connectivity index (χ3n) is 5.76. The van der Waals surface area contributed by atoms with Crippen LogP contribution in [0.15, 0.2) is 66.7 Å². The largest absolute Gasteiger partial charge is 0.298 e. The highest BCUT2D eigenvalue weighted by Gasteiger charge is 2.13. The van der Waals surface area contributed by atoms with Crippen LogP contribution < -0.4 is 0 Å². The quantitative estimate of drug-likeness (QED) is 0.266. The highest BCUT2D eigenvalue weighted by Crippen LogP contribution is 2.29. The van der Waals surface area contributed by atoms with E-state index in [1.54, 1.807) is 0 Å². The SMILES string of the molecule is Cc1ccc(CC(CCCCc2ccc(C=O)cc2)c2cccc(Cl)c2)cc1C. The molecule has 3 aromatic carbocycles. The van der Waals surface area contributed by atoms with E-state index in [0.717, 1.165) is 49.0 Å². The number of carbonyl (C=O) groups is 1. The molecule has 0 heterocycles. The van der Waals surface area contributed by atoms with E-state index in [0.29, 0.717) is 5.92 Å². The Labute approximate surface area is 179 Å². The van der Waals surface area contributed by atoms with E-state index in [1.165, 1.54) is 27.8 Å². The van der Waals surface area contributed by atoms with Gasteiger partial charge in [-0.15, -0.1) is 0 Å². The molecule has 0 radical (unpaired) electrons. The minimum absolute atomic E-state index is 0.466. The minimum Gasteiger partial charge on any atom is -0.298 e. The number of halogens is 1. The summed E-state index contributed by atoms with van der Waals surface area (Å²) in [5.74, 6) is 0.466. The van der Waals surface area contributed by atoms with Crippen molar-refractivity contribution in [2.75, 3.05) is 0 Å². The van der Waals surface area contributed by atoms with Crippen molar-refractivity contribution in [2.45, 2.75) is 51.9 Å². The maximum Gasteiger partial charge on any atom is 0.150 e. The first-order valence-electron chi connectivity index (χ1n) is 10.4. The topological polar surface area (TPSA) is 17.1 Å². The molecule has 0 N–H and O–H groups in total. The van der Waals surface area contributed by atoms with Gasteiger partial charge >= 0.3 is 0 Å². The average Bonchev–Trinajstić information content (AvgIpc) is 2.73. The fourth-order valence-corrected chi connectivity index (χ4v) is 4.04. The molecular formula is C27H29ClO. The molecule has 1 nitrogen and oxygen atoms in total. The van der Waals surface area contributed by atoms with Crippen LogP contribution in [0.25, 0.3) is 0 Å². The van der Waals surface area contributed by atoms with Crippen LogP contribution in [0.3, 0.4) is 0 Å². The first kappa shape index (κ1) is 21.3. The second-order valence-electron chi connectivity index (χ2n) is 7.98. The van der Waals surface area contributed by atoms with E-state index < -0.39 is 0 Å². The number of benzene rings is 3. The van der Waals surface area contributed by atoms with Gasteiger partial charge in [0.15, 0.2) is 0 Å². The van der Waals surface area contributed by atoms with Crippen LogP contribution in [0.4, 0.5) is 0 Å². The molecule has 0 spiro atoms. The van der Waals surface area contributed by atoms with Crippen LogP contribution in [-0.2, 0) is 12.8 Å². The standard InChI is InChI=1S/C27H29ClO/c1-20-10-11-24(16-21(20)2)17-25(26-8-5-9-27(28)18-26)7-4-3-6-22-12-14-23(19-29)15-13-22/h5,8-16,18-19,25H,3-4,6-7,17H2,1-2H3. The minimum atomic E-state index is 0.466. The van der Waals surface area contributed by atoms with Gasteiger partial charge in [-0.3, -0.25) is 4.79 Å². The molecule has 0 amide bonds. The Morgan fingerprint density at radius 1 is 0.862 bits per heavy atom. The van der Waals surface area contributed by atoms with Gasteiger partial charge in [0.2, 0.25) is 0 Å². The summed E-state index contributed by atoms with van der Waals surface area (Å²) in [4.78, 5) is 10.8.